The molecule has 1 aromatic carbocycles. The second kappa shape index (κ2) is 7.27. The van der Waals surface area contributed by atoms with Crippen LogP contribution in [-0.2, 0) is 4.79 Å². The number of hydrogen-bond acceptors (Lipinski definition) is 3. The fourth-order valence-electron chi connectivity index (χ4n) is 1.34. The third kappa shape index (κ3) is 5.13. The topological polar surface area (TPSA) is 34.1 Å². The summed E-state index contributed by atoms with van der Waals surface area (Å²) in [6, 6.07) is 2.21. The van der Waals surface area contributed by atoms with E-state index in [4.69, 9.17) is 23.2 Å². The van der Waals surface area contributed by atoms with E-state index < -0.39 is 11.1 Å². The Bertz CT molecular complexity index is 504. The van der Waals surface area contributed by atoms with Crippen molar-refractivity contribution in [2.45, 2.75) is 31.6 Å². The molecule has 0 N–H and O–H groups in total. The van der Waals surface area contributed by atoms with Crippen molar-refractivity contribution in [1.29, 1.82) is 0 Å². The standard InChI is InChI=1S/C13H13Cl2FO2S/c1-7(2)3-4-12(17)19-11-5-8(13(15)18)10(16)6-9(11)14/h5-7H,3-4H2,1-2H3. The Labute approximate surface area is 125 Å². The number of carbonyl (C=O) groups is 2. The number of rotatable bonds is 5. The highest BCUT2D eigenvalue weighted by Gasteiger charge is 2.16. The van der Waals surface area contributed by atoms with Crippen LogP contribution in [0, 0.1) is 11.7 Å². The second-order valence-corrected chi connectivity index (χ2v) is 6.29. The van der Waals surface area contributed by atoms with E-state index in [1.54, 1.807) is 0 Å². The van der Waals surface area contributed by atoms with Gasteiger partial charge in [0.25, 0.3) is 5.24 Å². The van der Waals surface area contributed by atoms with Gasteiger partial charge >= 0.3 is 0 Å². The number of carbonyl (C=O) groups excluding carboxylic acids is 2. The average Bonchev–Trinajstić information content (AvgIpc) is 2.29. The summed E-state index contributed by atoms with van der Waals surface area (Å²) in [5.41, 5.74) is -0.273. The molecule has 6 heteroatoms. The zero-order valence-electron chi connectivity index (χ0n) is 10.5. The Morgan fingerprint density at radius 1 is 1.37 bits per heavy atom. The first-order valence-electron chi connectivity index (χ1n) is 5.70. The molecule has 2 nitrogen and oxygen atoms in total. The number of thioether (sulfide) groups is 1. The smallest absolute Gasteiger partial charge is 0.255 e. The zero-order chi connectivity index (χ0) is 14.6. The summed E-state index contributed by atoms with van der Waals surface area (Å²) >= 11 is 12.0. The van der Waals surface area contributed by atoms with Gasteiger partial charge in [-0.05, 0) is 36.1 Å². The molecule has 0 atom stereocenters. The minimum atomic E-state index is -0.911. The molecule has 0 aliphatic rings. The van der Waals surface area contributed by atoms with Gasteiger partial charge in [0, 0.05) is 11.3 Å². The molecule has 0 radical (unpaired) electrons. The van der Waals surface area contributed by atoms with Crippen LogP contribution in [-0.4, -0.2) is 10.4 Å². The summed E-state index contributed by atoms with van der Waals surface area (Å²) in [4.78, 5) is 23.1. The summed E-state index contributed by atoms with van der Waals surface area (Å²) in [6.07, 6.45) is 1.17. The number of hydrogen-bond donors (Lipinski definition) is 0. The molecule has 19 heavy (non-hydrogen) atoms. The van der Waals surface area contributed by atoms with E-state index in [1.165, 1.54) is 6.07 Å². The van der Waals surface area contributed by atoms with E-state index in [2.05, 4.69) is 0 Å². The van der Waals surface area contributed by atoms with Crippen LogP contribution in [0.2, 0.25) is 5.02 Å². The molecule has 0 aliphatic carbocycles. The van der Waals surface area contributed by atoms with E-state index in [1.807, 2.05) is 13.8 Å². The molecule has 1 aromatic rings. The van der Waals surface area contributed by atoms with Crippen molar-refractivity contribution in [1.82, 2.24) is 0 Å². The SMILES string of the molecule is CC(C)CCC(=O)Sc1cc(C(=O)Cl)c(F)cc1Cl. The Hall–Kier alpha value is -0.580. The Morgan fingerprint density at radius 3 is 2.53 bits per heavy atom. The van der Waals surface area contributed by atoms with Gasteiger partial charge in [-0.25, -0.2) is 4.39 Å². The predicted octanol–water partition coefficient (Wildman–Crippen LogP) is 4.91. The molecule has 1 rings (SSSR count). The highest BCUT2D eigenvalue weighted by molar-refractivity contribution is 8.13. The minimum Gasteiger partial charge on any atom is -0.287 e. The van der Waals surface area contributed by atoms with Crippen molar-refractivity contribution in [2.75, 3.05) is 0 Å². The van der Waals surface area contributed by atoms with Crippen LogP contribution in [0.5, 0.6) is 0 Å². The van der Waals surface area contributed by atoms with Gasteiger partial charge in [-0.1, -0.05) is 37.2 Å². The van der Waals surface area contributed by atoms with Gasteiger partial charge in [0.15, 0.2) is 5.12 Å². The maximum absolute atomic E-state index is 13.4. The molecular formula is C13H13Cl2FO2S. The summed E-state index contributed by atoms with van der Waals surface area (Å²) < 4.78 is 13.4. The van der Waals surface area contributed by atoms with Crippen LogP contribution in [0.1, 0.15) is 37.0 Å². The van der Waals surface area contributed by atoms with Gasteiger partial charge < -0.3 is 0 Å². The summed E-state index contributed by atoms with van der Waals surface area (Å²) in [7, 11) is 0. The fraction of sp³-hybridized carbons (Fsp3) is 0.385. The Kier molecular flexibility index (Phi) is 6.30. The Balaban J connectivity index is 2.86. The summed E-state index contributed by atoms with van der Waals surface area (Å²) in [6.45, 7) is 4.04. The van der Waals surface area contributed by atoms with Crippen LogP contribution in [0.15, 0.2) is 17.0 Å². The molecule has 0 aromatic heterocycles. The van der Waals surface area contributed by atoms with Crippen LogP contribution in [0.3, 0.4) is 0 Å². The lowest BCUT2D eigenvalue weighted by molar-refractivity contribution is -0.111. The average molecular weight is 323 g/mol. The van der Waals surface area contributed by atoms with Gasteiger partial charge in [0.1, 0.15) is 5.82 Å². The molecule has 0 fully saturated rings. The largest absolute Gasteiger partial charge is 0.287 e. The lowest BCUT2D eigenvalue weighted by Gasteiger charge is -2.07. The second-order valence-electron chi connectivity index (χ2n) is 4.44. The van der Waals surface area contributed by atoms with Crippen LogP contribution >= 0.6 is 35.0 Å². The van der Waals surface area contributed by atoms with Crippen molar-refractivity contribution in [3.8, 4) is 0 Å². The lowest BCUT2D eigenvalue weighted by atomic mass is 10.1. The lowest BCUT2D eigenvalue weighted by Crippen LogP contribution is -1.99. The molecule has 0 amide bonds. The quantitative estimate of drug-likeness (QED) is 0.570. The van der Waals surface area contributed by atoms with Crippen molar-refractivity contribution in [3.63, 3.8) is 0 Å². The summed E-state index contributed by atoms with van der Waals surface area (Å²) in [5, 5.41) is -0.886. The first-order valence-corrected chi connectivity index (χ1v) is 7.28. The first-order chi connectivity index (χ1) is 8.81. The molecule has 0 bridgehead atoms. The van der Waals surface area contributed by atoms with Crippen molar-refractivity contribution in [2.24, 2.45) is 5.92 Å². The molecule has 0 spiro atoms. The number of benzene rings is 1. The van der Waals surface area contributed by atoms with Gasteiger partial charge in [-0.3, -0.25) is 9.59 Å². The van der Waals surface area contributed by atoms with E-state index in [-0.39, 0.29) is 15.7 Å². The molecule has 0 heterocycles. The maximum atomic E-state index is 13.4. The van der Waals surface area contributed by atoms with Crippen molar-refractivity contribution >= 4 is 45.3 Å². The summed E-state index contributed by atoms with van der Waals surface area (Å²) in [5.74, 6) is -0.364. The van der Waals surface area contributed by atoms with Gasteiger partial charge in [0.2, 0.25) is 0 Å². The number of halogens is 3. The minimum absolute atomic E-state index is 0.0739. The molecule has 0 saturated heterocycles. The molecule has 0 saturated carbocycles. The molecule has 0 aliphatic heterocycles. The third-order valence-electron chi connectivity index (χ3n) is 2.38. The third-order valence-corrected chi connectivity index (χ3v) is 4.00. The molecular weight excluding hydrogens is 310 g/mol. The van der Waals surface area contributed by atoms with Crippen LogP contribution in [0.4, 0.5) is 4.39 Å². The van der Waals surface area contributed by atoms with E-state index in [0.717, 1.165) is 24.2 Å². The normalized spacial score (nSPS) is 10.8. The van der Waals surface area contributed by atoms with Crippen molar-refractivity contribution < 1.29 is 14.0 Å². The predicted molar refractivity (Wildman–Crippen MR) is 76.5 cm³/mol. The maximum Gasteiger partial charge on any atom is 0.255 e. The Morgan fingerprint density at radius 2 is 2.00 bits per heavy atom. The fourth-order valence-corrected chi connectivity index (χ4v) is 2.55. The molecule has 104 valence electrons. The van der Waals surface area contributed by atoms with Gasteiger partial charge in [-0.15, -0.1) is 0 Å². The van der Waals surface area contributed by atoms with E-state index >= 15 is 0 Å². The van der Waals surface area contributed by atoms with E-state index in [9.17, 15) is 14.0 Å². The monoisotopic (exact) mass is 322 g/mol. The van der Waals surface area contributed by atoms with Gasteiger partial charge in [0.05, 0.1) is 10.6 Å². The highest BCUT2D eigenvalue weighted by atomic mass is 35.5. The van der Waals surface area contributed by atoms with Crippen LogP contribution < -0.4 is 0 Å². The van der Waals surface area contributed by atoms with Crippen LogP contribution in [0.25, 0.3) is 0 Å². The van der Waals surface area contributed by atoms with Gasteiger partial charge in [-0.2, -0.15) is 0 Å². The van der Waals surface area contributed by atoms with E-state index in [0.29, 0.717) is 17.2 Å². The van der Waals surface area contributed by atoms with Crippen molar-refractivity contribution in [3.05, 3.63) is 28.5 Å². The first kappa shape index (κ1) is 16.5. The highest BCUT2D eigenvalue weighted by Crippen LogP contribution is 2.32. The zero-order valence-corrected chi connectivity index (χ0v) is 12.8. The molecule has 0 unspecified atom stereocenters.